The Morgan fingerprint density at radius 3 is 1.81 bits per heavy atom. The van der Waals surface area contributed by atoms with Crippen LogP contribution in [0.4, 0.5) is 15.1 Å². The van der Waals surface area contributed by atoms with Crippen molar-refractivity contribution in [1.29, 1.82) is 0 Å². The number of nitrogens with zero attached hydrogens (tertiary/aromatic N) is 4. The van der Waals surface area contributed by atoms with Crippen LogP contribution in [-0.4, -0.2) is 61.5 Å². The van der Waals surface area contributed by atoms with Crippen molar-refractivity contribution in [3.8, 4) is 0 Å². The molecular weight excluding hydrogens is 609 g/mol. The number of carbonyl (C=O) groups excluding carboxylic acids is 3. The lowest BCUT2D eigenvalue weighted by Crippen LogP contribution is -2.48. The molecule has 12 nitrogen and oxygen atoms in total. The van der Waals surface area contributed by atoms with Crippen molar-refractivity contribution in [2.75, 3.05) is 22.1 Å². The summed E-state index contributed by atoms with van der Waals surface area (Å²) < 4.78 is 5.26. The van der Waals surface area contributed by atoms with E-state index < -0.39 is 17.7 Å². The maximum absolute atomic E-state index is 12.7. The van der Waals surface area contributed by atoms with Gasteiger partial charge in [0.1, 0.15) is 21.7 Å². The summed E-state index contributed by atoms with van der Waals surface area (Å²) in [4.78, 5) is 36.7. The van der Waals surface area contributed by atoms with Crippen molar-refractivity contribution in [3.05, 3.63) is 22.3 Å². The summed E-state index contributed by atoms with van der Waals surface area (Å²) in [7, 11) is 0. The van der Waals surface area contributed by atoms with Gasteiger partial charge in [-0.25, -0.2) is 4.79 Å². The van der Waals surface area contributed by atoms with Gasteiger partial charge in [-0.15, -0.1) is 20.4 Å². The first-order valence-corrected chi connectivity index (χ1v) is 17.1. The Bertz CT molecular complexity index is 1130. The van der Waals surface area contributed by atoms with Crippen LogP contribution in [0, 0.1) is 11.8 Å². The molecule has 0 aromatic carbocycles. The van der Waals surface area contributed by atoms with Gasteiger partial charge in [-0.1, -0.05) is 70.8 Å². The number of thioether (sulfide) groups is 1. The van der Waals surface area contributed by atoms with Crippen molar-refractivity contribution < 1.29 is 19.1 Å². The third-order valence-corrected chi connectivity index (χ3v) is 7.33. The average Bonchev–Trinajstić information content (AvgIpc) is 3.50. The number of rotatable bonds is 13. The van der Waals surface area contributed by atoms with Crippen LogP contribution in [0.1, 0.15) is 85.7 Å². The van der Waals surface area contributed by atoms with Crippen LogP contribution in [0.25, 0.3) is 0 Å². The number of ether oxygens (including phenoxy) is 1. The highest BCUT2D eigenvalue weighted by molar-refractivity contribution is 7.99. The summed E-state index contributed by atoms with van der Waals surface area (Å²) in [5, 5.41) is 27.2. The third kappa shape index (κ3) is 19.9. The van der Waals surface area contributed by atoms with Gasteiger partial charge in [0.25, 0.3) is 0 Å². The molecule has 2 heterocycles. The van der Waals surface area contributed by atoms with Gasteiger partial charge in [0, 0.05) is 19.3 Å². The first-order chi connectivity index (χ1) is 20.1. The number of hydrogen-bond donors (Lipinski definition) is 4. The molecule has 0 saturated carbocycles. The van der Waals surface area contributed by atoms with Crippen LogP contribution >= 0.6 is 34.4 Å². The minimum Gasteiger partial charge on any atom is -0.444 e. The molecule has 5 N–H and O–H groups in total. The van der Waals surface area contributed by atoms with Crippen LogP contribution in [-0.2, 0) is 27.2 Å². The van der Waals surface area contributed by atoms with E-state index in [4.69, 9.17) is 10.5 Å². The quantitative estimate of drug-likeness (QED) is 0.190. The number of nitrogens with two attached hydrogens (primary N) is 1. The molecule has 0 spiro atoms. The van der Waals surface area contributed by atoms with Crippen LogP contribution in [0.5, 0.6) is 0 Å². The molecule has 0 aliphatic rings. The third-order valence-electron chi connectivity index (χ3n) is 4.55. The monoisotopic (exact) mass is 658 g/mol. The predicted molar refractivity (Wildman–Crippen MR) is 180 cm³/mol. The number of anilines is 2. The van der Waals surface area contributed by atoms with Gasteiger partial charge in [-0.3, -0.25) is 14.9 Å². The number of nitrogens with one attached hydrogen (secondary N) is 3. The fraction of sp³-hybridized carbons (Fsp3) is 0.679. The van der Waals surface area contributed by atoms with E-state index in [1.807, 2.05) is 41.5 Å². The minimum atomic E-state index is -0.762. The summed E-state index contributed by atoms with van der Waals surface area (Å²) in [5.41, 5.74) is 4.93. The summed E-state index contributed by atoms with van der Waals surface area (Å²) in [6.45, 7) is 22.1. The summed E-state index contributed by atoms with van der Waals surface area (Å²) >= 11 is 4.47. The zero-order valence-electron chi connectivity index (χ0n) is 27.2. The maximum atomic E-state index is 12.7. The number of carbonyl (C=O) groups is 3. The molecule has 2 rings (SSSR count). The van der Waals surface area contributed by atoms with E-state index in [0.717, 1.165) is 27.9 Å². The zero-order chi connectivity index (χ0) is 33.2. The van der Waals surface area contributed by atoms with Gasteiger partial charge in [0.05, 0.1) is 0 Å². The second-order valence-corrected chi connectivity index (χ2v) is 14.3. The number of aromatic nitrogens is 4. The van der Waals surface area contributed by atoms with Crippen molar-refractivity contribution in [2.45, 2.75) is 100 Å². The largest absolute Gasteiger partial charge is 0.444 e. The molecule has 0 bridgehead atoms. The zero-order valence-corrected chi connectivity index (χ0v) is 29.6. The lowest BCUT2D eigenvalue weighted by atomic mass is 10.0. The van der Waals surface area contributed by atoms with E-state index in [0.29, 0.717) is 34.7 Å². The molecule has 2 aromatic heterocycles. The van der Waals surface area contributed by atoms with E-state index in [9.17, 15) is 14.4 Å². The predicted octanol–water partition coefficient (Wildman–Crippen LogP) is 5.89. The molecular formula is C28H50N8O4S3. The molecule has 1 atom stereocenters. The highest BCUT2D eigenvalue weighted by Crippen LogP contribution is 2.21. The van der Waals surface area contributed by atoms with Crippen molar-refractivity contribution >= 4 is 62.6 Å². The fourth-order valence-electron chi connectivity index (χ4n) is 2.93. The van der Waals surface area contributed by atoms with Crippen LogP contribution in [0.15, 0.2) is 12.3 Å². The van der Waals surface area contributed by atoms with Gasteiger partial charge in [0.15, 0.2) is 0 Å². The standard InChI is InChI=1S/C23H37N7O4S3.C3H7N.C2H6/c1-13(2)12-15(31)24-20-29-27-16(36-20)8-10-35-11-9-17-28-30-21(37-17)26-19(32)18(14(3)4)25-22(33)34-23(5,6)7;1-3(2)4;1-2/h13-14,18H,8-12H2,1-7H3,(H,25,33)(H,24,29,31)(H,26,30,32);1,4H2,2H3;1-2H3. The first kappa shape index (κ1) is 40.2. The van der Waals surface area contributed by atoms with Gasteiger partial charge >= 0.3 is 6.09 Å². The van der Waals surface area contributed by atoms with Crippen molar-refractivity contribution in [3.63, 3.8) is 0 Å². The molecule has 3 amide bonds. The Kier molecular flexibility index (Phi) is 19.7. The van der Waals surface area contributed by atoms with Gasteiger partial charge in [-0.05, 0) is 56.7 Å². The Balaban J connectivity index is 0.00000270. The number of allylic oxidation sites excluding steroid dienone is 1. The minimum absolute atomic E-state index is 0.0429. The Morgan fingerprint density at radius 2 is 1.40 bits per heavy atom. The number of hydrogen-bond acceptors (Lipinski definition) is 12. The first-order valence-electron chi connectivity index (χ1n) is 14.3. The highest BCUT2D eigenvalue weighted by atomic mass is 32.2. The molecule has 2 aromatic rings. The molecule has 15 heteroatoms. The Hall–Kier alpha value is -2.78. The number of aryl methyl sites for hydroxylation is 2. The second-order valence-electron chi connectivity index (χ2n) is 11.0. The maximum Gasteiger partial charge on any atom is 0.408 e. The smallest absolute Gasteiger partial charge is 0.408 e. The second kappa shape index (κ2) is 21.0. The molecule has 0 fully saturated rings. The normalized spacial score (nSPS) is 11.4. The number of amides is 3. The number of alkyl carbamates (subject to hydrolysis) is 1. The molecule has 0 saturated heterocycles. The molecule has 0 aliphatic carbocycles. The summed E-state index contributed by atoms with van der Waals surface area (Å²) in [6.07, 6.45) is 1.30. The lowest BCUT2D eigenvalue weighted by Gasteiger charge is -2.24. The molecule has 0 aliphatic heterocycles. The highest BCUT2D eigenvalue weighted by Gasteiger charge is 2.27. The molecule has 0 radical (unpaired) electrons. The van der Waals surface area contributed by atoms with E-state index in [2.05, 4.69) is 42.9 Å². The van der Waals surface area contributed by atoms with Crippen LogP contribution in [0.3, 0.4) is 0 Å². The Morgan fingerprint density at radius 1 is 0.930 bits per heavy atom. The summed E-state index contributed by atoms with van der Waals surface area (Å²) in [5.74, 6) is 1.45. The van der Waals surface area contributed by atoms with Crippen molar-refractivity contribution in [2.24, 2.45) is 17.6 Å². The fourth-order valence-corrected chi connectivity index (χ4v) is 5.56. The Labute approximate surface area is 268 Å². The average molecular weight is 659 g/mol. The summed E-state index contributed by atoms with van der Waals surface area (Å²) in [6, 6.07) is -0.762. The van der Waals surface area contributed by atoms with Crippen LogP contribution < -0.4 is 21.7 Å². The lowest BCUT2D eigenvalue weighted by molar-refractivity contribution is -0.119. The van der Waals surface area contributed by atoms with Gasteiger partial charge < -0.3 is 21.1 Å². The van der Waals surface area contributed by atoms with Crippen LogP contribution in [0.2, 0.25) is 0 Å². The van der Waals surface area contributed by atoms with E-state index in [-0.39, 0.29) is 17.7 Å². The topological polar surface area (TPSA) is 174 Å². The van der Waals surface area contributed by atoms with Gasteiger partial charge in [0.2, 0.25) is 22.1 Å². The SMILES string of the molecule is C=C(C)N.CC.CC(C)CC(=O)Nc1nnc(CCSCCc2nnc(NC(=O)C(NC(=O)OC(C)(C)C)C(C)C)s2)s1. The van der Waals surface area contributed by atoms with E-state index in [1.54, 1.807) is 39.5 Å². The molecule has 1 unspecified atom stereocenters. The van der Waals surface area contributed by atoms with Gasteiger partial charge in [-0.2, -0.15) is 11.8 Å². The van der Waals surface area contributed by atoms with E-state index in [1.165, 1.54) is 22.7 Å². The van der Waals surface area contributed by atoms with E-state index >= 15 is 0 Å². The van der Waals surface area contributed by atoms with Crippen molar-refractivity contribution in [1.82, 2.24) is 25.7 Å². The molecule has 43 heavy (non-hydrogen) atoms. The molecule has 244 valence electrons.